The lowest BCUT2D eigenvalue weighted by Crippen LogP contribution is -2.23. The van der Waals surface area contributed by atoms with Gasteiger partial charge in [0.25, 0.3) is 0 Å². The summed E-state index contributed by atoms with van der Waals surface area (Å²) in [5.41, 5.74) is 0. The Balaban J connectivity index is 2.32. The van der Waals surface area contributed by atoms with Crippen LogP contribution >= 0.6 is 0 Å². The first-order chi connectivity index (χ1) is 7.65. The van der Waals surface area contributed by atoms with Gasteiger partial charge in [0.2, 0.25) is 0 Å². The Morgan fingerprint density at radius 1 is 1.38 bits per heavy atom. The number of aromatic nitrogens is 2. The van der Waals surface area contributed by atoms with Crippen LogP contribution in [0.4, 0.5) is 0 Å². The van der Waals surface area contributed by atoms with Crippen LogP contribution in [0, 0.1) is 5.92 Å². The van der Waals surface area contributed by atoms with Crippen molar-refractivity contribution < 1.29 is 0 Å². The van der Waals surface area contributed by atoms with Crippen molar-refractivity contribution in [2.75, 3.05) is 13.1 Å². The molecular weight excluding hydrogens is 198 g/mol. The van der Waals surface area contributed by atoms with Crippen molar-refractivity contribution in [2.24, 2.45) is 5.92 Å². The van der Waals surface area contributed by atoms with Crippen LogP contribution in [0.5, 0.6) is 0 Å². The molecule has 0 bridgehead atoms. The topological polar surface area (TPSA) is 29.9 Å². The van der Waals surface area contributed by atoms with E-state index in [0.29, 0.717) is 6.04 Å². The van der Waals surface area contributed by atoms with Gasteiger partial charge in [-0.1, -0.05) is 20.8 Å². The maximum atomic E-state index is 4.35. The number of aryl methyl sites for hydroxylation is 1. The summed E-state index contributed by atoms with van der Waals surface area (Å²) in [5.74, 6) is 1.92. The Bertz CT molecular complexity index is 291. The van der Waals surface area contributed by atoms with E-state index in [1.165, 1.54) is 5.82 Å². The van der Waals surface area contributed by atoms with Crippen molar-refractivity contribution >= 4 is 0 Å². The molecule has 1 heterocycles. The van der Waals surface area contributed by atoms with E-state index in [1.807, 2.05) is 6.20 Å². The van der Waals surface area contributed by atoms with E-state index in [-0.39, 0.29) is 0 Å². The highest BCUT2D eigenvalue weighted by molar-refractivity contribution is 4.94. The number of rotatable bonds is 7. The van der Waals surface area contributed by atoms with Crippen LogP contribution in [0.15, 0.2) is 12.4 Å². The highest BCUT2D eigenvalue weighted by atomic mass is 15.1. The summed E-state index contributed by atoms with van der Waals surface area (Å²) in [6, 6.07) is 0.539. The highest BCUT2D eigenvalue weighted by Crippen LogP contribution is 2.12. The summed E-state index contributed by atoms with van der Waals surface area (Å²) >= 11 is 0. The second kappa shape index (κ2) is 6.69. The van der Waals surface area contributed by atoms with Gasteiger partial charge in [0, 0.05) is 24.9 Å². The molecule has 1 aromatic heterocycles. The predicted octanol–water partition coefficient (Wildman–Crippen LogP) is 2.64. The first kappa shape index (κ1) is 13.2. The summed E-state index contributed by atoms with van der Waals surface area (Å²) in [6.07, 6.45) is 6.16. The van der Waals surface area contributed by atoms with Crippen LogP contribution < -0.4 is 5.32 Å². The molecule has 1 rings (SSSR count). The van der Waals surface area contributed by atoms with E-state index in [0.717, 1.165) is 31.8 Å². The minimum Gasteiger partial charge on any atom is -0.332 e. The Kier molecular flexibility index (Phi) is 5.53. The Morgan fingerprint density at radius 3 is 2.75 bits per heavy atom. The summed E-state index contributed by atoms with van der Waals surface area (Å²) < 4.78 is 2.29. The zero-order valence-corrected chi connectivity index (χ0v) is 11.0. The Labute approximate surface area is 99.3 Å². The molecule has 1 aromatic rings. The van der Waals surface area contributed by atoms with Gasteiger partial charge in [-0.3, -0.25) is 0 Å². The summed E-state index contributed by atoms with van der Waals surface area (Å²) in [7, 11) is 0. The van der Waals surface area contributed by atoms with E-state index < -0.39 is 0 Å². The maximum absolute atomic E-state index is 4.35. The molecule has 0 amide bonds. The first-order valence-corrected chi connectivity index (χ1v) is 6.37. The molecule has 0 saturated heterocycles. The SMILES string of the molecule is CCc1nccn1C(C)CCNCC(C)C. The molecule has 0 aromatic carbocycles. The molecule has 0 fully saturated rings. The molecule has 3 heteroatoms. The van der Waals surface area contributed by atoms with Gasteiger partial charge in [-0.2, -0.15) is 0 Å². The Morgan fingerprint density at radius 2 is 2.12 bits per heavy atom. The monoisotopic (exact) mass is 223 g/mol. The highest BCUT2D eigenvalue weighted by Gasteiger charge is 2.07. The number of imidazole rings is 1. The molecule has 0 radical (unpaired) electrons. The van der Waals surface area contributed by atoms with Gasteiger partial charge >= 0.3 is 0 Å². The molecule has 1 N–H and O–H groups in total. The minimum absolute atomic E-state index is 0.539. The lowest BCUT2D eigenvalue weighted by Gasteiger charge is -2.16. The van der Waals surface area contributed by atoms with E-state index in [9.17, 15) is 0 Å². The van der Waals surface area contributed by atoms with Gasteiger partial charge in [0.05, 0.1) is 0 Å². The number of nitrogens with zero attached hydrogens (tertiary/aromatic N) is 2. The molecular formula is C13H25N3. The zero-order valence-electron chi connectivity index (χ0n) is 11.0. The molecule has 0 spiro atoms. The maximum Gasteiger partial charge on any atom is 0.108 e. The van der Waals surface area contributed by atoms with E-state index in [1.54, 1.807) is 0 Å². The molecule has 3 nitrogen and oxygen atoms in total. The summed E-state index contributed by atoms with van der Waals surface area (Å²) in [4.78, 5) is 4.35. The van der Waals surface area contributed by atoms with Crippen LogP contribution in [0.25, 0.3) is 0 Å². The van der Waals surface area contributed by atoms with E-state index >= 15 is 0 Å². The lowest BCUT2D eigenvalue weighted by molar-refractivity contribution is 0.454. The van der Waals surface area contributed by atoms with Gasteiger partial charge in [-0.15, -0.1) is 0 Å². The molecule has 92 valence electrons. The third kappa shape index (κ3) is 3.97. The fourth-order valence-electron chi connectivity index (χ4n) is 1.86. The molecule has 1 atom stereocenters. The number of nitrogens with one attached hydrogen (secondary N) is 1. The molecule has 1 unspecified atom stereocenters. The van der Waals surface area contributed by atoms with Crippen LogP contribution in [-0.4, -0.2) is 22.6 Å². The fraction of sp³-hybridized carbons (Fsp3) is 0.769. The number of hydrogen-bond acceptors (Lipinski definition) is 2. The smallest absolute Gasteiger partial charge is 0.108 e. The third-order valence-corrected chi connectivity index (χ3v) is 2.83. The molecule has 0 aliphatic carbocycles. The van der Waals surface area contributed by atoms with Crippen molar-refractivity contribution in [3.63, 3.8) is 0 Å². The van der Waals surface area contributed by atoms with Crippen LogP contribution in [0.2, 0.25) is 0 Å². The van der Waals surface area contributed by atoms with Crippen LogP contribution in [-0.2, 0) is 6.42 Å². The summed E-state index contributed by atoms with van der Waals surface area (Å²) in [5, 5.41) is 3.48. The molecule has 0 aliphatic heterocycles. The van der Waals surface area contributed by atoms with Gasteiger partial charge < -0.3 is 9.88 Å². The normalized spacial score (nSPS) is 13.3. The largest absolute Gasteiger partial charge is 0.332 e. The van der Waals surface area contributed by atoms with E-state index in [2.05, 4.69) is 48.8 Å². The van der Waals surface area contributed by atoms with Gasteiger partial charge in [0.1, 0.15) is 5.82 Å². The van der Waals surface area contributed by atoms with Crippen LogP contribution in [0.1, 0.15) is 46.0 Å². The van der Waals surface area contributed by atoms with Crippen molar-refractivity contribution in [3.05, 3.63) is 18.2 Å². The van der Waals surface area contributed by atoms with Gasteiger partial charge in [-0.05, 0) is 32.4 Å². The quantitative estimate of drug-likeness (QED) is 0.720. The van der Waals surface area contributed by atoms with Crippen molar-refractivity contribution in [1.82, 2.24) is 14.9 Å². The van der Waals surface area contributed by atoms with E-state index in [4.69, 9.17) is 0 Å². The average molecular weight is 223 g/mol. The third-order valence-electron chi connectivity index (χ3n) is 2.83. The fourth-order valence-corrected chi connectivity index (χ4v) is 1.86. The van der Waals surface area contributed by atoms with Gasteiger partial charge in [-0.25, -0.2) is 4.98 Å². The van der Waals surface area contributed by atoms with Crippen molar-refractivity contribution in [3.8, 4) is 0 Å². The Hall–Kier alpha value is -0.830. The van der Waals surface area contributed by atoms with Crippen molar-refractivity contribution in [1.29, 1.82) is 0 Å². The van der Waals surface area contributed by atoms with Gasteiger partial charge in [0.15, 0.2) is 0 Å². The molecule has 0 saturated carbocycles. The second-order valence-electron chi connectivity index (χ2n) is 4.84. The second-order valence-corrected chi connectivity index (χ2v) is 4.84. The number of hydrogen-bond donors (Lipinski definition) is 1. The molecule has 16 heavy (non-hydrogen) atoms. The predicted molar refractivity (Wildman–Crippen MR) is 68.6 cm³/mol. The summed E-state index contributed by atoms with van der Waals surface area (Å²) in [6.45, 7) is 11.1. The first-order valence-electron chi connectivity index (χ1n) is 6.37. The lowest BCUT2D eigenvalue weighted by atomic mass is 10.2. The standard InChI is InChI=1S/C13H25N3/c1-5-13-15-8-9-16(13)12(4)6-7-14-10-11(2)3/h8-9,11-12,14H,5-7,10H2,1-4H3. The van der Waals surface area contributed by atoms with Crippen molar-refractivity contribution in [2.45, 2.75) is 46.6 Å². The molecule has 0 aliphatic rings. The average Bonchev–Trinajstić information content (AvgIpc) is 2.71. The minimum atomic E-state index is 0.539. The zero-order chi connectivity index (χ0) is 12.0. The van der Waals surface area contributed by atoms with Crippen LogP contribution in [0.3, 0.4) is 0 Å².